The molecule has 0 saturated carbocycles. The number of nitrogens with one attached hydrogen (secondary N) is 1. The summed E-state index contributed by atoms with van der Waals surface area (Å²) in [6, 6.07) is 15.1. The van der Waals surface area contributed by atoms with Crippen LogP contribution in [0.15, 0.2) is 65.2 Å². The largest absolute Gasteiger partial charge is 0.487 e. The second-order valence-corrected chi connectivity index (χ2v) is 6.77. The van der Waals surface area contributed by atoms with Crippen LogP contribution in [0.25, 0.3) is 0 Å². The normalized spacial score (nSPS) is 12.0. The Labute approximate surface area is 163 Å². The molecular formula is C21H24BrNO3. The molecule has 0 spiro atoms. The van der Waals surface area contributed by atoms with Gasteiger partial charge in [0.1, 0.15) is 23.4 Å². The van der Waals surface area contributed by atoms with Gasteiger partial charge >= 0.3 is 0 Å². The number of unbranched alkanes of at least 4 members (excludes halogenated alkanes) is 1. The van der Waals surface area contributed by atoms with E-state index in [4.69, 9.17) is 9.47 Å². The third kappa shape index (κ3) is 7.31. The first-order valence-corrected chi connectivity index (χ1v) is 9.52. The van der Waals surface area contributed by atoms with Crippen LogP contribution < -0.4 is 14.8 Å². The Morgan fingerprint density at radius 3 is 2.27 bits per heavy atom. The molecule has 1 amide bonds. The topological polar surface area (TPSA) is 47.6 Å². The maximum absolute atomic E-state index is 11.6. The van der Waals surface area contributed by atoms with Crippen LogP contribution >= 0.6 is 15.9 Å². The van der Waals surface area contributed by atoms with Gasteiger partial charge in [-0.3, -0.25) is 4.79 Å². The minimum Gasteiger partial charge on any atom is -0.487 e. The number of hydrogen-bond acceptors (Lipinski definition) is 3. The van der Waals surface area contributed by atoms with E-state index in [1.165, 1.54) is 6.08 Å². The Bertz CT molecular complexity index is 711. The second kappa shape index (κ2) is 10.7. The molecule has 138 valence electrons. The summed E-state index contributed by atoms with van der Waals surface area (Å²) in [5.74, 6) is 2.13. The van der Waals surface area contributed by atoms with Crippen molar-refractivity contribution in [2.75, 3.05) is 6.54 Å². The van der Waals surface area contributed by atoms with Crippen LogP contribution in [0.1, 0.15) is 26.7 Å². The van der Waals surface area contributed by atoms with Crippen LogP contribution in [0.3, 0.4) is 0 Å². The standard InChI is InChI=1S/C21H24BrNO3/c1-3-4-15-23-21(24)14-5-16(2)25-18-10-12-20(13-11-18)26-19-8-6-17(22)7-9-19/h5-14,16H,3-4,15H2,1-2H3,(H,23,24). The van der Waals surface area contributed by atoms with E-state index in [9.17, 15) is 4.79 Å². The molecule has 1 N–H and O–H groups in total. The van der Waals surface area contributed by atoms with E-state index in [1.54, 1.807) is 6.08 Å². The first-order valence-electron chi connectivity index (χ1n) is 8.73. The van der Waals surface area contributed by atoms with Gasteiger partial charge in [0.05, 0.1) is 0 Å². The van der Waals surface area contributed by atoms with Gasteiger partial charge < -0.3 is 14.8 Å². The molecule has 2 rings (SSSR count). The van der Waals surface area contributed by atoms with Crippen LogP contribution in [0, 0.1) is 0 Å². The monoisotopic (exact) mass is 417 g/mol. The molecule has 4 nitrogen and oxygen atoms in total. The fourth-order valence-electron chi connectivity index (χ4n) is 2.15. The van der Waals surface area contributed by atoms with Gasteiger partial charge in [-0.25, -0.2) is 0 Å². The summed E-state index contributed by atoms with van der Waals surface area (Å²) in [6.07, 6.45) is 5.11. The SMILES string of the molecule is CCCCNC(=O)C=CC(C)Oc1ccc(Oc2ccc(Br)cc2)cc1. The zero-order chi connectivity index (χ0) is 18.8. The first-order chi connectivity index (χ1) is 12.6. The van der Waals surface area contributed by atoms with Gasteiger partial charge in [-0.1, -0.05) is 29.3 Å². The van der Waals surface area contributed by atoms with Crippen molar-refractivity contribution in [3.8, 4) is 17.2 Å². The number of hydrogen-bond donors (Lipinski definition) is 1. The van der Waals surface area contributed by atoms with Gasteiger partial charge in [-0.05, 0) is 68.0 Å². The molecule has 1 unspecified atom stereocenters. The molecule has 2 aromatic carbocycles. The number of carbonyl (C=O) groups is 1. The van der Waals surface area contributed by atoms with E-state index in [1.807, 2.05) is 55.5 Å². The molecule has 2 aromatic rings. The minimum atomic E-state index is -0.204. The van der Waals surface area contributed by atoms with E-state index in [2.05, 4.69) is 28.2 Å². The summed E-state index contributed by atoms with van der Waals surface area (Å²) < 4.78 is 12.6. The summed E-state index contributed by atoms with van der Waals surface area (Å²) >= 11 is 3.40. The summed E-state index contributed by atoms with van der Waals surface area (Å²) in [5, 5.41) is 2.84. The fourth-order valence-corrected chi connectivity index (χ4v) is 2.41. The lowest BCUT2D eigenvalue weighted by molar-refractivity contribution is -0.116. The summed E-state index contributed by atoms with van der Waals surface area (Å²) in [6.45, 7) is 4.68. The summed E-state index contributed by atoms with van der Waals surface area (Å²) in [7, 11) is 0. The molecule has 0 aliphatic carbocycles. The van der Waals surface area contributed by atoms with Crippen molar-refractivity contribution in [3.63, 3.8) is 0 Å². The number of amides is 1. The number of benzene rings is 2. The van der Waals surface area contributed by atoms with E-state index >= 15 is 0 Å². The average molecular weight is 418 g/mol. The van der Waals surface area contributed by atoms with Crippen LogP contribution in [-0.2, 0) is 4.79 Å². The maximum Gasteiger partial charge on any atom is 0.243 e. The third-order valence-corrected chi connectivity index (χ3v) is 4.07. The van der Waals surface area contributed by atoms with Crippen LogP contribution in [0.4, 0.5) is 0 Å². The van der Waals surface area contributed by atoms with Crippen molar-refractivity contribution in [1.82, 2.24) is 5.32 Å². The van der Waals surface area contributed by atoms with Crippen molar-refractivity contribution in [2.45, 2.75) is 32.8 Å². The Balaban J connectivity index is 1.82. The van der Waals surface area contributed by atoms with Gasteiger partial charge in [0.25, 0.3) is 0 Å². The van der Waals surface area contributed by atoms with E-state index < -0.39 is 0 Å². The van der Waals surface area contributed by atoms with Gasteiger partial charge in [0, 0.05) is 17.1 Å². The fraction of sp³-hybridized carbons (Fsp3) is 0.286. The highest BCUT2D eigenvalue weighted by Crippen LogP contribution is 2.25. The average Bonchev–Trinajstić information content (AvgIpc) is 2.64. The molecule has 0 aliphatic heterocycles. The number of carbonyl (C=O) groups excluding carboxylic acids is 1. The lowest BCUT2D eigenvalue weighted by Gasteiger charge is -2.12. The van der Waals surface area contributed by atoms with Crippen LogP contribution in [0.5, 0.6) is 17.2 Å². The Kier molecular flexibility index (Phi) is 8.22. The molecule has 0 bridgehead atoms. The van der Waals surface area contributed by atoms with Crippen LogP contribution in [0.2, 0.25) is 0 Å². The molecule has 0 saturated heterocycles. The molecule has 5 heteroatoms. The highest BCUT2D eigenvalue weighted by Gasteiger charge is 2.03. The van der Waals surface area contributed by atoms with Gasteiger partial charge in [-0.2, -0.15) is 0 Å². The van der Waals surface area contributed by atoms with Gasteiger partial charge in [0.2, 0.25) is 5.91 Å². The van der Waals surface area contributed by atoms with Crippen molar-refractivity contribution in [2.24, 2.45) is 0 Å². The quantitative estimate of drug-likeness (QED) is 0.433. The summed E-state index contributed by atoms with van der Waals surface area (Å²) in [4.78, 5) is 11.6. The van der Waals surface area contributed by atoms with E-state index in [-0.39, 0.29) is 12.0 Å². The van der Waals surface area contributed by atoms with Gasteiger partial charge in [-0.15, -0.1) is 0 Å². The predicted molar refractivity (Wildman–Crippen MR) is 108 cm³/mol. The van der Waals surface area contributed by atoms with Crippen molar-refractivity contribution in [1.29, 1.82) is 0 Å². The molecule has 0 heterocycles. The summed E-state index contributed by atoms with van der Waals surface area (Å²) in [5.41, 5.74) is 0. The van der Waals surface area contributed by atoms with Crippen molar-refractivity contribution >= 4 is 21.8 Å². The molecule has 0 aliphatic rings. The first kappa shape index (κ1) is 20.0. The Morgan fingerprint density at radius 2 is 1.65 bits per heavy atom. The molecule has 0 aromatic heterocycles. The molecule has 0 fully saturated rings. The predicted octanol–water partition coefficient (Wildman–Crippen LogP) is 5.48. The second-order valence-electron chi connectivity index (χ2n) is 5.85. The highest BCUT2D eigenvalue weighted by atomic mass is 79.9. The Morgan fingerprint density at radius 1 is 1.08 bits per heavy atom. The van der Waals surface area contributed by atoms with E-state index in [0.29, 0.717) is 6.54 Å². The maximum atomic E-state index is 11.6. The number of halogens is 1. The third-order valence-electron chi connectivity index (χ3n) is 3.54. The number of rotatable bonds is 9. The molecular weight excluding hydrogens is 394 g/mol. The lowest BCUT2D eigenvalue weighted by atomic mass is 10.3. The molecule has 1 atom stereocenters. The van der Waals surface area contributed by atoms with Crippen molar-refractivity contribution < 1.29 is 14.3 Å². The molecule has 0 radical (unpaired) electrons. The molecule has 26 heavy (non-hydrogen) atoms. The van der Waals surface area contributed by atoms with Gasteiger partial charge in [0.15, 0.2) is 0 Å². The van der Waals surface area contributed by atoms with Crippen LogP contribution in [-0.4, -0.2) is 18.6 Å². The smallest absolute Gasteiger partial charge is 0.243 e. The number of ether oxygens (including phenoxy) is 2. The zero-order valence-corrected chi connectivity index (χ0v) is 16.7. The minimum absolute atomic E-state index is 0.0906. The zero-order valence-electron chi connectivity index (χ0n) is 15.1. The Hall–Kier alpha value is -2.27. The highest BCUT2D eigenvalue weighted by molar-refractivity contribution is 9.10. The van der Waals surface area contributed by atoms with E-state index in [0.717, 1.165) is 34.6 Å². The lowest BCUT2D eigenvalue weighted by Crippen LogP contribution is -2.22. The van der Waals surface area contributed by atoms with Crippen molar-refractivity contribution in [3.05, 3.63) is 65.2 Å².